The lowest BCUT2D eigenvalue weighted by molar-refractivity contribution is -0.117. The first-order chi connectivity index (χ1) is 10.6. The Hall–Kier alpha value is -2.03. The number of benzene rings is 1. The van der Waals surface area contributed by atoms with E-state index in [1.165, 1.54) is 12.1 Å². The average Bonchev–Trinajstić information content (AvgIpc) is 3.28. The van der Waals surface area contributed by atoms with E-state index >= 15 is 0 Å². The summed E-state index contributed by atoms with van der Waals surface area (Å²) < 4.78 is 0. The maximum absolute atomic E-state index is 12.5. The lowest BCUT2D eigenvalue weighted by Crippen LogP contribution is -2.34. The fraction of sp³-hybridized carbons (Fsp3) is 0.421. The van der Waals surface area contributed by atoms with E-state index in [1.54, 1.807) is 0 Å². The number of fused-ring (bicyclic) bond motifs is 1. The Balaban J connectivity index is 1.68. The predicted molar refractivity (Wildman–Crippen MR) is 90.6 cm³/mol. The largest absolute Gasteiger partial charge is 0.366 e. The van der Waals surface area contributed by atoms with Crippen LogP contribution in [0.3, 0.4) is 0 Å². The molecule has 1 N–H and O–H groups in total. The molecule has 0 radical (unpaired) electrons. The molecule has 0 heterocycles. The molecule has 3 rings (SSSR count). The molecule has 2 atom stereocenters. The van der Waals surface area contributed by atoms with Crippen molar-refractivity contribution < 1.29 is 4.79 Å². The zero-order valence-electron chi connectivity index (χ0n) is 13.6. The van der Waals surface area contributed by atoms with Crippen LogP contribution >= 0.6 is 0 Å². The zero-order chi connectivity index (χ0) is 15.7. The summed E-state index contributed by atoms with van der Waals surface area (Å²) in [6.45, 7) is 7.46. The summed E-state index contributed by atoms with van der Waals surface area (Å²) in [6.07, 6.45) is 7.82. The van der Waals surface area contributed by atoms with Gasteiger partial charge < -0.3 is 10.2 Å². The van der Waals surface area contributed by atoms with E-state index in [0.717, 1.165) is 23.4 Å². The Morgan fingerprint density at radius 1 is 1.32 bits per heavy atom. The summed E-state index contributed by atoms with van der Waals surface area (Å²) in [5.41, 5.74) is 4.49. The van der Waals surface area contributed by atoms with Crippen LogP contribution in [0.25, 0.3) is 0 Å². The third kappa shape index (κ3) is 2.94. The predicted octanol–water partition coefficient (Wildman–Crippen LogP) is 3.65. The minimum atomic E-state index is 0.0619. The van der Waals surface area contributed by atoms with Crippen molar-refractivity contribution >= 4 is 11.6 Å². The van der Waals surface area contributed by atoms with E-state index in [2.05, 4.69) is 35.4 Å². The van der Waals surface area contributed by atoms with Gasteiger partial charge >= 0.3 is 0 Å². The number of amides is 1. The van der Waals surface area contributed by atoms with Crippen LogP contribution in [-0.2, 0) is 4.79 Å². The lowest BCUT2D eigenvalue weighted by atomic mass is 10.1. The fourth-order valence-corrected chi connectivity index (χ4v) is 3.28. The third-order valence-electron chi connectivity index (χ3n) is 4.67. The van der Waals surface area contributed by atoms with Crippen molar-refractivity contribution in [2.75, 3.05) is 18.4 Å². The maximum Gasteiger partial charge on any atom is 0.243 e. The molecule has 2 aliphatic carbocycles. The van der Waals surface area contributed by atoms with E-state index in [1.807, 2.05) is 32.0 Å². The quantitative estimate of drug-likeness (QED) is 0.899. The maximum atomic E-state index is 12.5. The number of para-hydroxylation sites is 1. The molecule has 3 heteroatoms. The van der Waals surface area contributed by atoms with Crippen LogP contribution in [0.1, 0.15) is 24.5 Å². The number of hydrogen-bond donors (Lipinski definition) is 1. The van der Waals surface area contributed by atoms with Crippen LogP contribution < -0.4 is 5.32 Å². The molecule has 22 heavy (non-hydrogen) atoms. The van der Waals surface area contributed by atoms with Crippen molar-refractivity contribution in [1.82, 2.24) is 4.90 Å². The van der Waals surface area contributed by atoms with Gasteiger partial charge in [0.15, 0.2) is 0 Å². The van der Waals surface area contributed by atoms with E-state index in [4.69, 9.17) is 0 Å². The van der Waals surface area contributed by atoms with Crippen LogP contribution in [-0.4, -0.2) is 23.9 Å². The van der Waals surface area contributed by atoms with Crippen LogP contribution in [0.15, 0.2) is 42.1 Å². The number of hydrogen-bond acceptors (Lipinski definition) is 2. The van der Waals surface area contributed by atoms with Gasteiger partial charge in [-0.05, 0) is 50.3 Å². The number of carbonyl (C=O) groups excluding carboxylic acids is 1. The Bertz CT molecular complexity index is 625. The fourth-order valence-electron chi connectivity index (χ4n) is 3.28. The van der Waals surface area contributed by atoms with Crippen molar-refractivity contribution in [1.29, 1.82) is 0 Å². The molecule has 1 amide bonds. The molecule has 0 bridgehead atoms. The first kappa shape index (κ1) is 14.9. The number of likely N-dealkylation sites (N-methyl/N-ethyl adjacent to an activating group) is 1. The SMILES string of the molecule is CCN(CC(=O)Nc1c(C)cccc1C)C1=CC=CC2CC12. The molecule has 0 aliphatic heterocycles. The van der Waals surface area contributed by atoms with Gasteiger partial charge in [0, 0.05) is 23.8 Å². The Morgan fingerprint density at radius 2 is 2.05 bits per heavy atom. The van der Waals surface area contributed by atoms with Gasteiger partial charge in [-0.2, -0.15) is 0 Å². The van der Waals surface area contributed by atoms with Gasteiger partial charge in [-0.3, -0.25) is 4.79 Å². The Kier molecular flexibility index (Phi) is 4.06. The lowest BCUT2D eigenvalue weighted by Gasteiger charge is -2.27. The Labute approximate surface area is 132 Å². The number of aryl methyl sites for hydroxylation is 2. The van der Waals surface area contributed by atoms with Crippen molar-refractivity contribution in [2.24, 2.45) is 11.8 Å². The summed E-state index contributed by atoms with van der Waals surface area (Å²) in [7, 11) is 0. The second-order valence-corrected chi connectivity index (χ2v) is 6.31. The smallest absolute Gasteiger partial charge is 0.243 e. The first-order valence-corrected chi connectivity index (χ1v) is 8.09. The molecule has 1 aromatic rings. The number of nitrogens with one attached hydrogen (secondary N) is 1. The number of rotatable bonds is 5. The van der Waals surface area contributed by atoms with Gasteiger partial charge in [0.25, 0.3) is 0 Å². The number of nitrogens with zero attached hydrogens (tertiary/aromatic N) is 1. The highest BCUT2D eigenvalue weighted by Crippen LogP contribution is 2.48. The van der Waals surface area contributed by atoms with Crippen LogP contribution in [0, 0.1) is 25.7 Å². The summed E-state index contributed by atoms with van der Waals surface area (Å²) in [6, 6.07) is 6.08. The molecule has 2 aliphatic rings. The van der Waals surface area contributed by atoms with E-state index in [-0.39, 0.29) is 5.91 Å². The summed E-state index contributed by atoms with van der Waals surface area (Å²) in [5, 5.41) is 3.08. The Morgan fingerprint density at radius 3 is 2.73 bits per heavy atom. The first-order valence-electron chi connectivity index (χ1n) is 8.09. The zero-order valence-corrected chi connectivity index (χ0v) is 13.6. The molecule has 1 fully saturated rings. The summed E-state index contributed by atoms with van der Waals surface area (Å²) in [5.74, 6) is 1.40. The second kappa shape index (κ2) is 5.99. The van der Waals surface area contributed by atoms with Crippen LogP contribution in [0.2, 0.25) is 0 Å². The van der Waals surface area contributed by atoms with Crippen molar-refractivity contribution in [3.8, 4) is 0 Å². The molecule has 116 valence electrons. The van der Waals surface area contributed by atoms with Gasteiger partial charge in [0.05, 0.1) is 6.54 Å². The van der Waals surface area contributed by atoms with E-state index < -0.39 is 0 Å². The normalized spacial score (nSPS) is 21.9. The second-order valence-electron chi connectivity index (χ2n) is 6.31. The highest BCUT2D eigenvalue weighted by atomic mass is 16.2. The summed E-state index contributed by atoms with van der Waals surface area (Å²) >= 11 is 0. The molecule has 2 unspecified atom stereocenters. The molecule has 0 spiro atoms. The van der Waals surface area contributed by atoms with Crippen LogP contribution in [0.5, 0.6) is 0 Å². The molecular formula is C19H24N2O. The average molecular weight is 296 g/mol. The van der Waals surface area contributed by atoms with Crippen molar-refractivity contribution in [3.05, 3.63) is 53.3 Å². The molecule has 1 saturated carbocycles. The number of anilines is 1. The van der Waals surface area contributed by atoms with Crippen molar-refractivity contribution in [2.45, 2.75) is 27.2 Å². The molecule has 3 nitrogen and oxygen atoms in total. The minimum absolute atomic E-state index is 0.0619. The molecule has 1 aromatic carbocycles. The van der Waals surface area contributed by atoms with E-state index in [9.17, 15) is 4.79 Å². The molecule has 0 saturated heterocycles. The van der Waals surface area contributed by atoms with Gasteiger partial charge in [-0.15, -0.1) is 0 Å². The standard InChI is InChI=1S/C19H24N2O/c1-4-21(17-10-6-9-15-11-16(15)17)12-18(22)20-19-13(2)7-5-8-14(19)3/h5-10,15-16H,4,11-12H2,1-3H3,(H,20,22). The number of allylic oxidation sites excluding steroid dienone is 4. The van der Waals surface area contributed by atoms with Crippen LogP contribution in [0.4, 0.5) is 5.69 Å². The number of carbonyl (C=O) groups is 1. The van der Waals surface area contributed by atoms with Gasteiger partial charge in [0.2, 0.25) is 5.91 Å². The van der Waals surface area contributed by atoms with Gasteiger partial charge in [-0.1, -0.05) is 30.4 Å². The molecule has 0 aromatic heterocycles. The highest BCUT2D eigenvalue weighted by Gasteiger charge is 2.41. The topological polar surface area (TPSA) is 32.3 Å². The van der Waals surface area contributed by atoms with E-state index in [0.29, 0.717) is 18.4 Å². The van der Waals surface area contributed by atoms with Crippen molar-refractivity contribution in [3.63, 3.8) is 0 Å². The third-order valence-corrected chi connectivity index (χ3v) is 4.67. The van der Waals surface area contributed by atoms with Gasteiger partial charge in [0.1, 0.15) is 0 Å². The van der Waals surface area contributed by atoms with Gasteiger partial charge in [-0.25, -0.2) is 0 Å². The molecular weight excluding hydrogens is 272 g/mol. The monoisotopic (exact) mass is 296 g/mol. The highest BCUT2D eigenvalue weighted by molar-refractivity contribution is 5.93. The summed E-state index contributed by atoms with van der Waals surface area (Å²) in [4.78, 5) is 14.7. The minimum Gasteiger partial charge on any atom is -0.366 e.